The second-order valence-electron chi connectivity index (χ2n) is 7.97. The molecule has 0 aliphatic carbocycles. The number of methoxy groups -OCH3 is 1. The van der Waals surface area contributed by atoms with Crippen LogP contribution in [0.4, 0.5) is 0 Å². The lowest BCUT2D eigenvalue weighted by Gasteiger charge is -2.51. The standard InChI is InChI=1S/C21H30N2O/c1-15(2)8-11-23-14-19(16-4-6-18(24-3)7-5-16)21-20(23)17-9-12-22(21)13-10-17/h4-8,17,19-21H,9-14H2,1-3H3/t19-,20+,21+/m1/s1. The van der Waals surface area contributed by atoms with Crippen LogP contribution in [0.3, 0.4) is 0 Å². The number of piperidine rings is 3. The summed E-state index contributed by atoms with van der Waals surface area (Å²) >= 11 is 0. The molecule has 0 unspecified atom stereocenters. The Bertz CT molecular complexity index is 597. The topological polar surface area (TPSA) is 15.7 Å². The maximum Gasteiger partial charge on any atom is 0.118 e. The van der Waals surface area contributed by atoms with Crippen LogP contribution in [0.15, 0.2) is 35.9 Å². The molecule has 3 heteroatoms. The van der Waals surface area contributed by atoms with Gasteiger partial charge in [0.1, 0.15) is 5.75 Å². The molecule has 0 saturated carbocycles. The number of ether oxygens (including phenoxy) is 1. The monoisotopic (exact) mass is 326 g/mol. The van der Waals surface area contributed by atoms with Gasteiger partial charge in [-0.15, -0.1) is 0 Å². The van der Waals surface area contributed by atoms with Crippen molar-refractivity contribution < 1.29 is 4.74 Å². The second-order valence-corrected chi connectivity index (χ2v) is 7.97. The number of benzene rings is 1. The number of rotatable bonds is 4. The average Bonchev–Trinajstić information content (AvgIpc) is 3.03. The van der Waals surface area contributed by atoms with Gasteiger partial charge in [-0.25, -0.2) is 0 Å². The molecule has 2 bridgehead atoms. The van der Waals surface area contributed by atoms with Crippen LogP contribution in [-0.2, 0) is 0 Å². The van der Waals surface area contributed by atoms with Crippen molar-refractivity contribution in [1.29, 1.82) is 0 Å². The first-order valence-electron chi connectivity index (χ1n) is 9.43. The van der Waals surface area contributed by atoms with E-state index in [1.165, 1.54) is 43.6 Å². The van der Waals surface area contributed by atoms with Crippen molar-refractivity contribution in [2.45, 2.75) is 44.7 Å². The Kier molecular flexibility index (Phi) is 4.40. The minimum absolute atomic E-state index is 0.634. The molecule has 1 aromatic rings. The minimum Gasteiger partial charge on any atom is -0.497 e. The maximum absolute atomic E-state index is 5.35. The molecule has 5 rings (SSSR count). The third-order valence-corrected chi connectivity index (χ3v) is 6.37. The molecular formula is C21H30N2O. The minimum atomic E-state index is 0.634. The van der Waals surface area contributed by atoms with Crippen LogP contribution >= 0.6 is 0 Å². The largest absolute Gasteiger partial charge is 0.497 e. The summed E-state index contributed by atoms with van der Waals surface area (Å²) in [7, 11) is 1.74. The summed E-state index contributed by atoms with van der Waals surface area (Å²) < 4.78 is 5.35. The van der Waals surface area contributed by atoms with Gasteiger partial charge in [0.25, 0.3) is 0 Å². The van der Waals surface area contributed by atoms with E-state index in [1.807, 2.05) is 0 Å². The SMILES string of the molecule is COc1ccc([C@H]2CN(CC=C(C)C)[C@H]3C4CCN(CC4)[C@@H]23)cc1. The molecule has 3 nitrogen and oxygen atoms in total. The summed E-state index contributed by atoms with van der Waals surface area (Å²) in [5.74, 6) is 2.49. The van der Waals surface area contributed by atoms with Gasteiger partial charge in [0.05, 0.1) is 7.11 Å². The zero-order chi connectivity index (χ0) is 16.7. The van der Waals surface area contributed by atoms with Crippen molar-refractivity contribution in [3.05, 3.63) is 41.5 Å². The Labute approximate surface area is 146 Å². The molecule has 3 atom stereocenters. The lowest BCUT2D eigenvalue weighted by atomic mass is 9.75. The molecule has 0 N–H and O–H groups in total. The van der Waals surface area contributed by atoms with Gasteiger partial charge in [-0.05, 0) is 63.4 Å². The fourth-order valence-corrected chi connectivity index (χ4v) is 5.19. The summed E-state index contributed by atoms with van der Waals surface area (Å²) in [4.78, 5) is 5.55. The van der Waals surface area contributed by atoms with E-state index in [9.17, 15) is 0 Å². The van der Waals surface area contributed by atoms with Gasteiger partial charge in [0.15, 0.2) is 0 Å². The van der Waals surface area contributed by atoms with E-state index in [4.69, 9.17) is 4.74 Å². The van der Waals surface area contributed by atoms with Gasteiger partial charge in [-0.1, -0.05) is 23.8 Å². The van der Waals surface area contributed by atoms with Crippen LogP contribution in [0.5, 0.6) is 5.75 Å². The number of fused-ring (bicyclic) bond motifs is 2. The molecular weight excluding hydrogens is 296 g/mol. The van der Waals surface area contributed by atoms with Gasteiger partial charge in [-0.2, -0.15) is 0 Å². The van der Waals surface area contributed by atoms with Crippen molar-refractivity contribution in [3.63, 3.8) is 0 Å². The third-order valence-electron chi connectivity index (χ3n) is 6.37. The van der Waals surface area contributed by atoms with E-state index >= 15 is 0 Å². The van der Waals surface area contributed by atoms with Crippen molar-refractivity contribution in [2.75, 3.05) is 33.3 Å². The van der Waals surface area contributed by atoms with Crippen LogP contribution in [0.25, 0.3) is 0 Å². The highest BCUT2D eigenvalue weighted by atomic mass is 16.5. The van der Waals surface area contributed by atoms with Crippen LogP contribution in [0.2, 0.25) is 0 Å². The van der Waals surface area contributed by atoms with E-state index < -0.39 is 0 Å². The Morgan fingerprint density at radius 2 is 1.83 bits per heavy atom. The third kappa shape index (κ3) is 2.78. The summed E-state index contributed by atoms with van der Waals surface area (Å²) in [6.07, 6.45) is 5.19. The summed E-state index contributed by atoms with van der Waals surface area (Å²) in [6.45, 7) is 9.33. The number of allylic oxidation sites excluding steroid dienone is 1. The summed E-state index contributed by atoms with van der Waals surface area (Å²) in [5, 5.41) is 0. The number of hydrogen-bond donors (Lipinski definition) is 0. The fraction of sp³-hybridized carbons (Fsp3) is 0.619. The van der Waals surface area contributed by atoms with Crippen molar-refractivity contribution >= 4 is 0 Å². The predicted octanol–water partition coefficient (Wildman–Crippen LogP) is 3.52. The van der Waals surface area contributed by atoms with Crippen LogP contribution < -0.4 is 4.74 Å². The van der Waals surface area contributed by atoms with E-state index in [1.54, 1.807) is 7.11 Å². The maximum atomic E-state index is 5.35. The van der Waals surface area contributed by atoms with Crippen LogP contribution in [0, 0.1) is 5.92 Å². The molecule has 130 valence electrons. The van der Waals surface area contributed by atoms with E-state index in [-0.39, 0.29) is 0 Å². The molecule has 0 radical (unpaired) electrons. The zero-order valence-corrected chi connectivity index (χ0v) is 15.2. The Balaban J connectivity index is 1.63. The Morgan fingerprint density at radius 1 is 1.12 bits per heavy atom. The number of nitrogens with zero attached hydrogens (tertiary/aromatic N) is 2. The first-order chi connectivity index (χ1) is 11.7. The zero-order valence-electron chi connectivity index (χ0n) is 15.2. The molecule has 0 aromatic heterocycles. The first-order valence-corrected chi connectivity index (χ1v) is 9.43. The van der Waals surface area contributed by atoms with E-state index in [2.05, 4.69) is 54.0 Å². The highest BCUT2D eigenvalue weighted by Gasteiger charge is 2.52. The lowest BCUT2D eigenvalue weighted by Crippen LogP contribution is -2.60. The summed E-state index contributed by atoms with van der Waals surface area (Å²) in [6, 6.07) is 10.3. The molecule has 0 amide bonds. The normalized spacial score (nSPS) is 34.9. The first kappa shape index (κ1) is 16.2. The Morgan fingerprint density at radius 3 is 2.46 bits per heavy atom. The molecule has 4 aliphatic heterocycles. The molecule has 4 fully saturated rings. The van der Waals surface area contributed by atoms with Crippen LogP contribution in [-0.4, -0.2) is 55.2 Å². The Hall–Kier alpha value is -1.32. The van der Waals surface area contributed by atoms with Gasteiger partial charge in [0.2, 0.25) is 0 Å². The average molecular weight is 326 g/mol. The van der Waals surface area contributed by atoms with Gasteiger partial charge < -0.3 is 4.74 Å². The predicted molar refractivity (Wildman–Crippen MR) is 98.6 cm³/mol. The number of hydrogen-bond acceptors (Lipinski definition) is 3. The number of likely N-dealkylation sites (tertiary alicyclic amines) is 1. The molecule has 4 aliphatic rings. The van der Waals surface area contributed by atoms with Crippen molar-refractivity contribution in [2.24, 2.45) is 5.92 Å². The quantitative estimate of drug-likeness (QED) is 0.787. The van der Waals surface area contributed by atoms with Gasteiger partial charge in [-0.3, -0.25) is 9.80 Å². The lowest BCUT2D eigenvalue weighted by molar-refractivity contribution is -0.00355. The van der Waals surface area contributed by atoms with Crippen molar-refractivity contribution in [1.82, 2.24) is 9.80 Å². The molecule has 4 heterocycles. The van der Waals surface area contributed by atoms with Gasteiger partial charge >= 0.3 is 0 Å². The molecule has 24 heavy (non-hydrogen) atoms. The van der Waals surface area contributed by atoms with Crippen LogP contribution in [0.1, 0.15) is 38.2 Å². The van der Waals surface area contributed by atoms with Crippen molar-refractivity contribution in [3.8, 4) is 5.75 Å². The summed E-state index contributed by atoms with van der Waals surface area (Å²) in [5.41, 5.74) is 2.92. The second kappa shape index (κ2) is 6.53. The van der Waals surface area contributed by atoms with E-state index in [0.29, 0.717) is 12.0 Å². The molecule has 4 saturated heterocycles. The smallest absolute Gasteiger partial charge is 0.118 e. The fourth-order valence-electron chi connectivity index (χ4n) is 5.19. The highest BCUT2D eigenvalue weighted by molar-refractivity contribution is 5.33. The molecule has 0 spiro atoms. The van der Waals surface area contributed by atoms with Gasteiger partial charge in [0, 0.05) is 31.1 Å². The molecule has 1 aromatic carbocycles. The van der Waals surface area contributed by atoms with E-state index in [0.717, 1.165) is 24.3 Å². The highest BCUT2D eigenvalue weighted by Crippen LogP contribution is 2.46.